The van der Waals surface area contributed by atoms with Gasteiger partial charge >= 0.3 is 0 Å². The zero-order valence-corrected chi connectivity index (χ0v) is 9.22. The lowest BCUT2D eigenvalue weighted by molar-refractivity contribution is 0.299. The number of piperidine rings is 1. The van der Waals surface area contributed by atoms with E-state index in [2.05, 4.69) is 22.8 Å². The van der Waals surface area contributed by atoms with E-state index < -0.39 is 0 Å². The van der Waals surface area contributed by atoms with Gasteiger partial charge in [-0.15, -0.1) is 11.3 Å². The van der Waals surface area contributed by atoms with Crippen LogP contribution in [0.5, 0.6) is 0 Å². The van der Waals surface area contributed by atoms with Gasteiger partial charge in [-0.2, -0.15) is 0 Å². The fraction of sp³-hybridized carbons (Fsp3) is 0.667. The fourth-order valence-electron chi connectivity index (χ4n) is 3.06. The summed E-state index contributed by atoms with van der Waals surface area (Å²) in [6, 6.07) is 6.15. The van der Waals surface area contributed by atoms with Crippen LogP contribution in [0, 0.1) is 5.92 Å². The van der Waals surface area contributed by atoms with Crippen LogP contribution in [0.3, 0.4) is 0 Å². The normalized spacial score (nSPS) is 36.1. The van der Waals surface area contributed by atoms with Crippen molar-refractivity contribution < 1.29 is 0 Å². The van der Waals surface area contributed by atoms with Gasteiger partial charge in [0.2, 0.25) is 0 Å². The Morgan fingerprint density at radius 1 is 1.29 bits per heavy atom. The van der Waals surface area contributed by atoms with Gasteiger partial charge < -0.3 is 5.32 Å². The highest BCUT2D eigenvalue weighted by molar-refractivity contribution is 7.09. The first-order chi connectivity index (χ1) is 6.90. The van der Waals surface area contributed by atoms with Gasteiger partial charge in [-0.25, -0.2) is 0 Å². The van der Waals surface area contributed by atoms with Crippen molar-refractivity contribution in [1.29, 1.82) is 0 Å². The monoisotopic (exact) mass is 207 g/mol. The average Bonchev–Trinajstić information content (AvgIpc) is 2.77. The second-order valence-corrected chi connectivity index (χ2v) is 5.79. The Balaban J connectivity index is 1.64. The van der Waals surface area contributed by atoms with Gasteiger partial charge in [0.25, 0.3) is 0 Å². The van der Waals surface area contributed by atoms with Gasteiger partial charge in [-0.1, -0.05) is 6.07 Å². The number of fused-ring (bicyclic) bond motifs is 2. The van der Waals surface area contributed by atoms with E-state index in [4.69, 9.17) is 0 Å². The quantitative estimate of drug-likeness (QED) is 0.786. The molecule has 1 aromatic heterocycles. The van der Waals surface area contributed by atoms with E-state index >= 15 is 0 Å². The maximum absolute atomic E-state index is 3.70. The number of thiophene rings is 1. The first-order valence-corrected chi connectivity index (χ1v) is 6.56. The summed E-state index contributed by atoms with van der Waals surface area (Å²) in [5, 5.41) is 5.90. The topological polar surface area (TPSA) is 12.0 Å². The first-order valence-electron chi connectivity index (χ1n) is 5.68. The van der Waals surface area contributed by atoms with E-state index in [1.165, 1.54) is 32.1 Å². The molecule has 2 aliphatic rings. The van der Waals surface area contributed by atoms with E-state index in [9.17, 15) is 0 Å². The van der Waals surface area contributed by atoms with E-state index in [0.717, 1.165) is 18.0 Å². The Kier molecular flexibility index (Phi) is 2.34. The van der Waals surface area contributed by atoms with Crippen LogP contribution >= 0.6 is 11.3 Å². The summed E-state index contributed by atoms with van der Waals surface area (Å²) in [7, 11) is 0. The number of nitrogens with one attached hydrogen (secondary N) is 1. The third-order valence-electron chi connectivity index (χ3n) is 3.64. The fourth-order valence-corrected chi connectivity index (χ4v) is 3.88. The molecule has 14 heavy (non-hydrogen) atoms. The van der Waals surface area contributed by atoms with Gasteiger partial charge in [-0.05, 0) is 49.5 Å². The van der Waals surface area contributed by atoms with Crippen LogP contribution in [-0.2, 0) is 6.42 Å². The molecule has 0 aromatic carbocycles. The molecule has 0 spiro atoms. The molecule has 1 nitrogen and oxygen atoms in total. The Morgan fingerprint density at radius 2 is 2.07 bits per heavy atom. The lowest BCUT2D eigenvalue weighted by Gasteiger charge is -2.28. The molecule has 0 aliphatic carbocycles. The maximum atomic E-state index is 3.70. The molecule has 2 saturated heterocycles. The highest BCUT2D eigenvalue weighted by Gasteiger charge is 2.33. The molecule has 2 heteroatoms. The SMILES string of the molecule is c1csc(CC2C[C@H]3CC[C@@H](C2)N3)c1. The summed E-state index contributed by atoms with van der Waals surface area (Å²) in [5.74, 6) is 0.951. The second-order valence-electron chi connectivity index (χ2n) is 4.76. The number of hydrogen-bond donors (Lipinski definition) is 1. The predicted molar refractivity (Wildman–Crippen MR) is 60.7 cm³/mol. The van der Waals surface area contributed by atoms with Crippen molar-refractivity contribution in [1.82, 2.24) is 5.32 Å². The molecular weight excluding hydrogens is 190 g/mol. The van der Waals surface area contributed by atoms with Gasteiger partial charge in [0, 0.05) is 17.0 Å². The summed E-state index contributed by atoms with van der Waals surface area (Å²) in [5.41, 5.74) is 0. The standard InChI is InChI=1S/C12H17NS/c1-2-12(14-5-1)8-9-6-10-3-4-11(7-9)13-10/h1-2,5,9-11,13H,3-4,6-8H2/t9?,10-,11+. The molecule has 3 atom stereocenters. The van der Waals surface area contributed by atoms with Crippen molar-refractivity contribution in [2.45, 2.75) is 44.2 Å². The van der Waals surface area contributed by atoms with E-state index in [-0.39, 0.29) is 0 Å². The van der Waals surface area contributed by atoms with E-state index in [1.54, 1.807) is 4.88 Å². The van der Waals surface area contributed by atoms with Gasteiger partial charge in [0.05, 0.1) is 0 Å². The van der Waals surface area contributed by atoms with Crippen LogP contribution in [0.15, 0.2) is 17.5 Å². The zero-order valence-electron chi connectivity index (χ0n) is 8.41. The molecule has 1 unspecified atom stereocenters. The molecule has 2 bridgehead atoms. The van der Waals surface area contributed by atoms with E-state index in [1.807, 2.05) is 11.3 Å². The molecule has 0 radical (unpaired) electrons. The van der Waals surface area contributed by atoms with Crippen LogP contribution in [0.2, 0.25) is 0 Å². The molecule has 76 valence electrons. The Bertz CT molecular complexity index is 281. The summed E-state index contributed by atoms with van der Waals surface area (Å²) in [6.07, 6.45) is 6.99. The van der Waals surface area contributed by atoms with Crippen LogP contribution in [0.25, 0.3) is 0 Å². The predicted octanol–water partition coefficient (Wildman–Crippen LogP) is 2.82. The van der Waals surface area contributed by atoms with Gasteiger partial charge in [0.1, 0.15) is 0 Å². The largest absolute Gasteiger partial charge is 0.311 e. The summed E-state index contributed by atoms with van der Waals surface area (Å²) < 4.78 is 0. The summed E-state index contributed by atoms with van der Waals surface area (Å²) in [6.45, 7) is 0. The highest BCUT2D eigenvalue weighted by Crippen LogP contribution is 2.33. The van der Waals surface area contributed by atoms with Gasteiger partial charge in [0.15, 0.2) is 0 Å². The summed E-state index contributed by atoms with van der Waals surface area (Å²) in [4.78, 5) is 1.58. The Hall–Kier alpha value is -0.340. The zero-order chi connectivity index (χ0) is 9.38. The van der Waals surface area contributed by atoms with Crippen molar-refractivity contribution in [3.8, 4) is 0 Å². The minimum Gasteiger partial charge on any atom is -0.311 e. The van der Waals surface area contributed by atoms with Crippen molar-refractivity contribution in [3.63, 3.8) is 0 Å². The first kappa shape index (κ1) is 8.93. The Labute approximate surface area is 89.5 Å². The van der Waals surface area contributed by atoms with Gasteiger partial charge in [-0.3, -0.25) is 0 Å². The van der Waals surface area contributed by atoms with Crippen LogP contribution in [-0.4, -0.2) is 12.1 Å². The molecule has 1 aromatic rings. The van der Waals surface area contributed by atoms with Crippen molar-refractivity contribution >= 4 is 11.3 Å². The summed E-state index contributed by atoms with van der Waals surface area (Å²) >= 11 is 1.92. The maximum Gasteiger partial charge on any atom is 0.00730 e. The second kappa shape index (κ2) is 3.67. The third kappa shape index (κ3) is 1.73. The van der Waals surface area contributed by atoms with E-state index in [0.29, 0.717) is 0 Å². The molecule has 2 aliphatic heterocycles. The lowest BCUT2D eigenvalue weighted by Crippen LogP contribution is -2.38. The molecule has 2 fully saturated rings. The minimum absolute atomic E-state index is 0.846. The average molecular weight is 207 g/mol. The lowest BCUT2D eigenvalue weighted by atomic mass is 9.89. The van der Waals surface area contributed by atoms with Crippen molar-refractivity contribution in [3.05, 3.63) is 22.4 Å². The van der Waals surface area contributed by atoms with Crippen LogP contribution in [0.1, 0.15) is 30.6 Å². The molecule has 1 N–H and O–H groups in total. The Morgan fingerprint density at radius 3 is 2.71 bits per heavy atom. The minimum atomic E-state index is 0.846. The van der Waals surface area contributed by atoms with Crippen LogP contribution < -0.4 is 5.32 Å². The molecule has 3 rings (SSSR count). The smallest absolute Gasteiger partial charge is 0.00730 e. The molecule has 0 amide bonds. The van der Waals surface area contributed by atoms with Crippen LogP contribution in [0.4, 0.5) is 0 Å². The number of rotatable bonds is 2. The molecular formula is C12H17NS. The highest BCUT2D eigenvalue weighted by atomic mass is 32.1. The third-order valence-corrected chi connectivity index (χ3v) is 4.54. The molecule has 0 saturated carbocycles. The van der Waals surface area contributed by atoms with Crippen molar-refractivity contribution in [2.24, 2.45) is 5.92 Å². The van der Waals surface area contributed by atoms with Crippen molar-refractivity contribution in [2.75, 3.05) is 0 Å². The molecule has 3 heterocycles. The number of hydrogen-bond acceptors (Lipinski definition) is 2.